The molecular formula is C14H25N3O. The smallest absolute Gasteiger partial charge is 0.0765 e. The van der Waals surface area contributed by atoms with Crippen LogP contribution in [0.3, 0.4) is 0 Å². The predicted molar refractivity (Wildman–Crippen MR) is 75.9 cm³/mol. The summed E-state index contributed by atoms with van der Waals surface area (Å²) in [6.45, 7) is 9.31. The van der Waals surface area contributed by atoms with Crippen LogP contribution in [0.15, 0.2) is 18.3 Å². The first-order valence-electron chi connectivity index (χ1n) is 6.46. The Morgan fingerprint density at radius 1 is 1.44 bits per heavy atom. The summed E-state index contributed by atoms with van der Waals surface area (Å²) in [4.78, 5) is 6.47. The molecule has 102 valence electrons. The molecule has 0 radical (unpaired) electrons. The van der Waals surface area contributed by atoms with E-state index in [2.05, 4.69) is 24.1 Å². The largest absolute Gasteiger partial charge is 0.389 e. The highest BCUT2D eigenvalue weighted by Gasteiger charge is 2.16. The van der Waals surface area contributed by atoms with Gasteiger partial charge in [-0.05, 0) is 39.4 Å². The lowest BCUT2D eigenvalue weighted by Gasteiger charge is -2.27. The van der Waals surface area contributed by atoms with Gasteiger partial charge < -0.3 is 15.3 Å². The zero-order valence-electron chi connectivity index (χ0n) is 12.1. The van der Waals surface area contributed by atoms with Gasteiger partial charge in [0.15, 0.2) is 0 Å². The minimum Gasteiger partial charge on any atom is -0.389 e. The molecule has 0 saturated heterocycles. The number of hydrogen-bond acceptors (Lipinski definition) is 4. The lowest BCUT2D eigenvalue weighted by molar-refractivity contribution is 0.0886. The van der Waals surface area contributed by atoms with Gasteiger partial charge in [0.25, 0.3) is 0 Å². The maximum atomic E-state index is 9.79. The molecule has 1 heterocycles. The number of nitrogens with zero attached hydrogens (tertiary/aromatic N) is 2. The Bertz CT molecular complexity index is 356. The molecule has 0 aliphatic rings. The molecule has 1 unspecified atom stereocenters. The summed E-state index contributed by atoms with van der Waals surface area (Å²) in [5.74, 6) is 0. The summed E-state index contributed by atoms with van der Waals surface area (Å²) in [5.41, 5.74) is 1.35. The molecule has 0 bridgehead atoms. The minimum absolute atomic E-state index is 0.267. The highest BCUT2D eigenvalue weighted by Crippen LogP contribution is 2.17. The number of likely N-dealkylation sites (N-methyl/N-ethyl adjacent to an activating group) is 1. The monoisotopic (exact) mass is 251 g/mol. The second kappa shape index (κ2) is 6.16. The quantitative estimate of drug-likeness (QED) is 0.811. The standard InChI is InChI=1S/C14H25N3O/c1-6-15-11(2)13-8-7-12(9-16-13)17(5)10-14(3,4)18/h7-9,11,15,18H,6,10H2,1-5H3. The molecule has 0 spiro atoms. The summed E-state index contributed by atoms with van der Waals surface area (Å²) in [5, 5.41) is 13.1. The molecule has 1 rings (SSSR count). The van der Waals surface area contributed by atoms with Crippen LogP contribution >= 0.6 is 0 Å². The van der Waals surface area contributed by atoms with Crippen molar-refractivity contribution in [1.82, 2.24) is 10.3 Å². The van der Waals surface area contributed by atoms with Crippen LogP contribution in [0, 0.1) is 0 Å². The summed E-state index contributed by atoms with van der Waals surface area (Å²) >= 11 is 0. The van der Waals surface area contributed by atoms with Crippen molar-refractivity contribution in [3.8, 4) is 0 Å². The molecule has 1 atom stereocenters. The Morgan fingerprint density at radius 2 is 2.11 bits per heavy atom. The summed E-state index contributed by atoms with van der Waals surface area (Å²) in [6.07, 6.45) is 1.86. The van der Waals surface area contributed by atoms with Crippen molar-refractivity contribution < 1.29 is 5.11 Å². The van der Waals surface area contributed by atoms with Gasteiger partial charge in [0.2, 0.25) is 0 Å². The fourth-order valence-corrected chi connectivity index (χ4v) is 1.96. The Balaban J connectivity index is 2.70. The van der Waals surface area contributed by atoms with E-state index in [1.807, 2.05) is 30.3 Å². The third kappa shape index (κ3) is 4.63. The number of aliphatic hydroxyl groups is 1. The van der Waals surface area contributed by atoms with E-state index in [1.165, 1.54) is 0 Å². The van der Waals surface area contributed by atoms with Gasteiger partial charge in [-0.1, -0.05) is 6.92 Å². The Labute approximate surface area is 110 Å². The molecule has 0 saturated carbocycles. The van der Waals surface area contributed by atoms with Crippen LogP contribution in [0.25, 0.3) is 0 Å². The average Bonchev–Trinajstić information content (AvgIpc) is 2.27. The number of hydrogen-bond donors (Lipinski definition) is 2. The second-order valence-corrected chi connectivity index (χ2v) is 5.39. The van der Waals surface area contributed by atoms with Crippen LogP contribution in [-0.4, -0.2) is 35.8 Å². The first kappa shape index (κ1) is 14.9. The molecule has 2 N–H and O–H groups in total. The predicted octanol–water partition coefficient (Wildman–Crippen LogP) is 1.96. The minimum atomic E-state index is -0.704. The molecule has 0 aliphatic heterocycles. The molecule has 4 heteroatoms. The zero-order valence-corrected chi connectivity index (χ0v) is 12.1. The fourth-order valence-electron chi connectivity index (χ4n) is 1.96. The normalized spacial score (nSPS) is 13.4. The van der Waals surface area contributed by atoms with E-state index in [4.69, 9.17) is 0 Å². The van der Waals surface area contributed by atoms with Crippen molar-refractivity contribution in [2.75, 3.05) is 25.0 Å². The molecule has 0 aliphatic carbocycles. The highest BCUT2D eigenvalue weighted by molar-refractivity contribution is 5.44. The van der Waals surface area contributed by atoms with Gasteiger partial charge in [-0.25, -0.2) is 0 Å². The van der Waals surface area contributed by atoms with Crippen molar-refractivity contribution in [2.45, 2.75) is 39.3 Å². The molecule has 4 nitrogen and oxygen atoms in total. The van der Waals surface area contributed by atoms with Gasteiger partial charge in [-0.15, -0.1) is 0 Å². The molecule has 1 aromatic heterocycles. The second-order valence-electron chi connectivity index (χ2n) is 5.39. The van der Waals surface area contributed by atoms with Gasteiger partial charge in [0.05, 0.1) is 23.2 Å². The fraction of sp³-hybridized carbons (Fsp3) is 0.643. The van der Waals surface area contributed by atoms with Crippen molar-refractivity contribution in [3.63, 3.8) is 0 Å². The Hall–Kier alpha value is -1.13. The third-order valence-electron chi connectivity index (χ3n) is 2.79. The first-order valence-corrected chi connectivity index (χ1v) is 6.46. The van der Waals surface area contributed by atoms with Crippen LogP contribution in [-0.2, 0) is 0 Å². The van der Waals surface area contributed by atoms with Crippen molar-refractivity contribution in [2.24, 2.45) is 0 Å². The number of rotatable bonds is 6. The molecular weight excluding hydrogens is 226 g/mol. The number of pyridine rings is 1. The number of aromatic nitrogens is 1. The first-order chi connectivity index (χ1) is 8.33. The van der Waals surface area contributed by atoms with Gasteiger partial charge in [-0.2, -0.15) is 0 Å². The number of nitrogens with one attached hydrogen (secondary N) is 1. The van der Waals surface area contributed by atoms with E-state index in [1.54, 1.807) is 13.8 Å². The van der Waals surface area contributed by atoms with Crippen LogP contribution in [0.1, 0.15) is 39.4 Å². The summed E-state index contributed by atoms with van der Waals surface area (Å²) in [6, 6.07) is 4.34. The van der Waals surface area contributed by atoms with Gasteiger partial charge in [0, 0.05) is 19.6 Å². The molecule has 18 heavy (non-hydrogen) atoms. The lowest BCUT2D eigenvalue weighted by Crippen LogP contribution is -2.36. The van der Waals surface area contributed by atoms with Crippen molar-refractivity contribution in [3.05, 3.63) is 24.0 Å². The van der Waals surface area contributed by atoms with Crippen LogP contribution in [0.2, 0.25) is 0 Å². The van der Waals surface area contributed by atoms with E-state index >= 15 is 0 Å². The molecule has 0 fully saturated rings. The maximum absolute atomic E-state index is 9.79. The van der Waals surface area contributed by atoms with Gasteiger partial charge >= 0.3 is 0 Å². The van der Waals surface area contributed by atoms with Crippen LogP contribution in [0.5, 0.6) is 0 Å². The maximum Gasteiger partial charge on any atom is 0.0765 e. The average molecular weight is 251 g/mol. The lowest BCUT2D eigenvalue weighted by atomic mass is 10.1. The summed E-state index contributed by atoms with van der Waals surface area (Å²) in [7, 11) is 1.96. The van der Waals surface area contributed by atoms with E-state index in [9.17, 15) is 5.11 Å². The molecule has 0 amide bonds. The zero-order chi connectivity index (χ0) is 13.8. The molecule has 1 aromatic rings. The summed E-state index contributed by atoms with van der Waals surface area (Å²) < 4.78 is 0. The van der Waals surface area contributed by atoms with Crippen LogP contribution < -0.4 is 10.2 Å². The highest BCUT2D eigenvalue weighted by atomic mass is 16.3. The van der Waals surface area contributed by atoms with E-state index in [0.717, 1.165) is 17.9 Å². The third-order valence-corrected chi connectivity index (χ3v) is 2.79. The van der Waals surface area contributed by atoms with E-state index in [-0.39, 0.29) is 6.04 Å². The Morgan fingerprint density at radius 3 is 2.56 bits per heavy atom. The number of anilines is 1. The van der Waals surface area contributed by atoms with Gasteiger partial charge in [-0.3, -0.25) is 4.98 Å². The Kier molecular flexibility index (Phi) is 5.11. The molecule has 0 aromatic carbocycles. The SMILES string of the molecule is CCNC(C)c1ccc(N(C)CC(C)(C)O)cn1. The van der Waals surface area contributed by atoms with Crippen molar-refractivity contribution >= 4 is 5.69 Å². The van der Waals surface area contributed by atoms with E-state index in [0.29, 0.717) is 6.54 Å². The van der Waals surface area contributed by atoms with Crippen molar-refractivity contribution in [1.29, 1.82) is 0 Å². The van der Waals surface area contributed by atoms with Crippen LogP contribution in [0.4, 0.5) is 5.69 Å². The van der Waals surface area contributed by atoms with E-state index < -0.39 is 5.60 Å². The van der Waals surface area contributed by atoms with Gasteiger partial charge in [0.1, 0.15) is 0 Å². The topological polar surface area (TPSA) is 48.4 Å².